The van der Waals surface area contributed by atoms with Crippen molar-refractivity contribution in [2.75, 3.05) is 0 Å². The van der Waals surface area contributed by atoms with Crippen LogP contribution in [0, 0.1) is 22.7 Å². The molecule has 0 aromatic rings. The van der Waals surface area contributed by atoms with E-state index in [9.17, 15) is 0 Å². The first-order valence-corrected chi connectivity index (χ1v) is 11.0. The number of rotatable bonds is 11. The first-order chi connectivity index (χ1) is 12.3. The quantitative estimate of drug-likeness (QED) is 0.251. The van der Waals surface area contributed by atoms with Gasteiger partial charge in [-0.05, 0) is 94.3 Å². The minimum atomic E-state index is 0.445. The van der Waals surface area contributed by atoms with Crippen LogP contribution in [0.2, 0.25) is 0 Å². The highest BCUT2D eigenvalue weighted by Crippen LogP contribution is 2.52. The lowest BCUT2D eigenvalue weighted by Crippen LogP contribution is -2.36. The standard InChI is InChI=1S/C27H46/c1-20(2)14-15-27(10)18-25(17-26(8,9)19-27)16-22(5)12-11-13-23(6)24(7)21(3)4/h23,25H,1,3,5,7,11-19H2,2,4,6,8-10H3. The van der Waals surface area contributed by atoms with E-state index >= 15 is 0 Å². The molecule has 27 heavy (non-hydrogen) atoms. The third-order valence-corrected chi connectivity index (χ3v) is 6.57. The fourth-order valence-electron chi connectivity index (χ4n) is 5.46. The molecule has 1 rings (SSSR count). The Hall–Kier alpha value is -1.04. The maximum atomic E-state index is 4.44. The minimum Gasteiger partial charge on any atom is -0.100 e. The monoisotopic (exact) mass is 370 g/mol. The van der Waals surface area contributed by atoms with E-state index < -0.39 is 0 Å². The van der Waals surface area contributed by atoms with Crippen LogP contribution in [0.1, 0.15) is 99.3 Å². The van der Waals surface area contributed by atoms with E-state index in [0.717, 1.165) is 17.9 Å². The molecular formula is C27H46. The van der Waals surface area contributed by atoms with Gasteiger partial charge in [0, 0.05) is 0 Å². The van der Waals surface area contributed by atoms with Crippen molar-refractivity contribution in [2.24, 2.45) is 22.7 Å². The molecule has 0 aromatic heterocycles. The predicted molar refractivity (Wildman–Crippen MR) is 124 cm³/mol. The number of allylic oxidation sites excluding steroid dienone is 4. The topological polar surface area (TPSA) is 0 Å². The molecule has 0 nitrogen and oxygen atoms in total. The lowest BCUT2D eigenvalue weighted by atomic mass is 9.58. The van der Waals surface area contributed by atoms with Gasteiger partial charge in [0.2, 0.25) is 0 Å². The average Bonchev–Trinajstić information content (AvgIpc) is 2.50. The second-order valence-corrected chi connectivity index (χ2v) is 10.9. The summed E-state index contributed by atoms with van der Waals surface area (Å²) >= 11 is 0. The maximum absolute atomic E-state index is 4.44. The molecule has 0 N–H and O–H groups in total. The fraction of sp³-hybridized carbons (Fsp3) is 0.704. The Morgan fingerprint density at radius 1 is 1.00 bits per heavy atom. The Labute approximate surface area is 170 Å². The van der Waals surface area contributed by atoms with Crippen LogP contribution in [0.5, 0.6) is 0 Å². The third-order valence-electron chi connectivity index (χ3n) is 6.57. The van der Waals surface area contributed by atoms with Crippen molar-refractivity contribution < 1.29 is 0 Å². The van der Waals surface area contributed by atoms with Gasteiger partial charge in [0.15, 0.2) is 0 Å². The zero-order valence-electron chi connectivity index (χ0n) is 19.3. The SMILES string of the molecule is C=C(C)CCC1(C)CC(CC(=C)CCCC(C)C(=C)C(=C)C)CC(C)(C)C1. The molecule has 0 aliphatic heterocycles. The van der Waals surface area contributed by atoms with Crippen molar-refractivity contribution in [3.8, 4) is 0 Å². The summed E-state index contributed by atoms with van der Waals surface area (Å²) in [7, 11) is 0. The van der Waals surface area contributed by atoms with Crippen molar-refractivity contribution in [1.82, 2.24) is 0 Å². The van der Waals surface area contributed by atoms with Crippen LogP contribution < -0.4 is 0 Å². The molecule has 0 heterocycles. The van der Waals surface area contributed by atoms with Crippen LogP contribution in [0.25, 0.3) is 0 Å². The van der Waals surface area contributed by atoms with Crippen molar-refractivity contribution in [2.45, 2.75) is 99.3 Å². The Morgan fingerprint density at radius 2 is 1.63 bits per heavy atom. The van der Waals surface area contributed by atoms with Gasteiger partial charge in [0.1, 0.15) is 0 Å². The van der Waals surface area contributed by atoms with Crippen LogP contribution >= 0.6 is 0 Å². The van der Waals surface area contributed by atoms with E-state index in [1.165, 1.54) is 68.1 Å². The molecule has 0 amide bonds. The molecule has 0 saturated heterocycles. The summed E-state index contributed by atoms with van der Waals surface area (Å²) < 4.78 is 0. The van der Waals surface area contributed by atoms with Gasteiger partial charge in [-0.3, -0.25) is 0 Å². The molecule has 1 fully saturated rings. The van der Waals surface area contributed by atoms with Gasteiger partial charge < -0.3 is 0 Å². The Bertz CT molecular complexity index is 559. The summed E-state index contributed by atoms with van der Waals surface area (Å²) in [6, 6.07) is 0. The number of hydrogen-bond acceptors (Lipinski definition) is 0. The molecule has 1 saturated carbocycles. The minimum absolute atomic E-state index is 0.445. The average molecular weight is 371 g/mol. The number of hydrogen-bond donors (Lipinski definition) is 0. The van der Waals surface area contributed by atoms with Crippen molar-refractivity contribution >= 4 is 0 Å². The summed E-state index contributed by atoms with van der Waals surface area (Å²) in [5.41, 5.74) is 6.02. The Morgan fingerprint density at radius 3 is 2.19 bits per heavy atom. The van der Waals surface area contributed by atoms with E-state index in [1.54, 1.807) is 0 Å². The molecule has 0 bridgehead atoms. The molecule has 0 heteroatoms. The highest BCUT2D eigenvalue weighted by atomic mass is 14.5. The third kappa shape index (κ3) is 8.67. The van der Waals surface area contributed by atoms with E-state index in [1.807, 2.05) is 0 Å². The zero-order chi connectivity index (χ0) is 20.8. The van der Waals surface area contributed by atoms with Gasteiger partial charge in [0.05, 0.1) is 0 Å². The smallest absolute Gasteiger partial charge is 0.0194 e. The van der Waals surface area contributed by atoms with Crippen LogP contribution in [0.15, 0.2) is 48.6 Å². The van der Waals surface area contributed by atoms with E-state index in [-0.39, 0.29) is 0 Å². The summed E-state index contributed by atoms with van der Waals surface area (Å²) in [6.07, 6.45) is 11.3. The summed E-state index contributed by atoms with van der Waals surface area (Å²) in [6.45, 7) is 30.7. The molecule has 1 aliphatic rings. The fourth-order valence-corrected chi connectivity index (χ4v) is 5.46. The van der Waals surface area contributed by atoms with Gasteiger partial charge in [-0.2, -0.15) is 0 Å². The Kier molecular flexibility index (Phi) is 8.84. The summed E-state index contributed by atoms with van der Waals surface area (Å²) in [5, 5.41) is 0. The first kappa shape index (κ1) is 24.0. The van der Waals surface area contributed by atoms with Crippen molar-refractivity contribution in [3.05, 3.63) is 48.6 Å². The van der Waals surface area contributed by atoms with E-state index in [4.69, 9.17) is 0 Å². The van der Waals surface area contributed by atoms with Gasteiger partial charge in [-0.15, -0.1) is 6.58 Å². The second-order valence-electron chi connectivity index (χ2n) is 10.9. The predicted octanol–water partition coefficient (Wildman–Crippen LogP) is 9.06. The summed E-state index contributed by atoms with van der Waals surface area (Å²) in [4.78, 5) is 0. The van der Waals surface area contributed by atoms with Gasteiger partial charge in [-0.25, -0.2) is 0 Å². The van der Waals surface area contributed by atoms with E-state index in [0.29, 0.717) is 16.7 Å². The van der Waals surface area contributed by atoms with Crippen LogP contribution in [-0.2, 0) is 0 Å². The highest BCUT2D eigenvalue weighted by Gasteiger charge is 2.40. The summed E-state index contributed by atoms with van der Waals surface area (Å²) in [5.74, 6) is 1.33. The van der Waals surface area contributed by atoms with Gasteiger partial charge in [0.25, 0.3) is 0 Å². The molecule has 154 valence electrons. The zero-order valence-corrected chi connectivity index (χ0v) is 19.3. The van der Waals surface area contributed by atoms with Gasteiger partial charge in [-0.1, -0.05) is 69.7 Å². The normalized spacial score (nSPS) is 25.6. The van der Waals surface area contributed by atoms with Gasteiger partial charge >= 0.3 is 0 Å². The highest BCUT2D eigenvalue weighted by molar-refractivity contribution is 5.24. The van der Waals surface area contributed by atoms with Crippen LogP contribution in [0.3, 0.4) is 0 Å². The Balaban J connectivity index is 2.53. The van der Waals surface area contributed by atoms with Crippen molar-refractivity contribution in [1.29, 1.82) is 0 Å². The van der Waals surface area contributed by atoms with E-state index in [2.05, 4.69) is 67.9 Å². The maximum Gasteiger partial charge on any atom is -0.0194 e. The lowest BCUT2D eigenvalue weighted by Gasteiger charge is -2.47. The lowest BCUT2D eigenvalue weighted by molar-refractivity contribution is 0.0475. The van der Waals surface area contributed by atoms with Crippen molar-refractivity contribution in [3.63, 3.8) is 0 Å². The molecular weight excluding hydrogens is 324 g/mol. The molecule has 1 aliphatic carbocycles. The van der Waals surface area contributed by atoms with Crippen LogP contribution in [-0.4, -0.2) is 0 Å². The molecule has 0 spiro atoms. The molecule has 3 unspecified atom stereocenters. The molecule has 0 aromatic carbocycles. The molecule has 0 radical (unpaired) electrons. The molecule has 3 atom stereocenters. The first-order valence-electron chi connectivity index (χ1n) is 11.0. The largest absolute Gasteiger partial charge is 0.100 e. The second kappa shape index (κ2) is 9.94. The van der Waals surface area contributed by atoms with Crippen LogP contribution in [0.4, 0.5) is 0 Å².